The third kappa shape index (κ3) is 1.41. The highest BCUT2D eigenvalue weighted by molar-refractivity contribution is 5.96. The maximum absolute atomic E-state index is 11.6. The maximum Gasteiger partial charge on any atom is 0.347 e. The van der Waals surface area contributed by atoms with E-state index in [4.69, 9.17) is 4.42 Å². The molecule has 0 aliphatic heterocycles. The zero-order chi connectivity index (χ0) is 12.8. The molecular weight excluding hydrogens is 242 g/mol. The second-order valence-electron chi connectivity index (χ2n) is 4.32. The minimum absolute atomic E-state index is 0.236. The first-order valence-corrected chi connectivity index (χ1v) is 5.86. The molecule has 0 bridgehead atoms. The van der Waals surface area contributed by atoms with Gasteiger partial charge >= 0.3 is 5.69 Å². The van der Waals surface area contributed by atoms with Gasteiger partial charge in [0.25, 0.3) is 0 Å². The summed E-state index contributed by atoms with van der Waals surface area (Å²) in [6.45, 7) is 0. The number of aromatic nitrogens is 3. The van der Waals surface area contributed by atoms with Crippen LogP contribution in [-0.4, -0.2) is 14.6 Å². The highest BCUT2D eigenvalue weighted by atomic mass is 16.3. The van der Waals surface area contributed by atoms with Crippen molar-refractivity contribution in [1.29, 1.82) is 0 Å². The van der Waals surface area contributed by atoms with Crippen LogP contribution in [0.3, 0.4) is 0 Å². The van der Waals surface area contributed by atoms with Crippen LogP contribution in [-0.2, 0) is 0 Å². The number of H-pyrrole nitrogens is 1. The largest absolute Gasteiger partial charge is 0.464 e. The number of nitrogens with zero attached hydrogens (tertiary/aromatic N) is 2. The van der Waals surface area contributed by atoms with E-state index in [9.17, 15) is 4.79 Å². The van der Waals surface area contributed by atoms with Gasteiger partial charge < -0.3 is 4.42 Å². The molecule has 3 heterocycles. The number of furan rings is 1. The molecule has 0 atom stereocenters. The van der Waals surface area contributed by atoms with Gasteiger partial charge in [0.1, 0.15) is 5.76 Å². The second-order valence-corrected chi connectivity index (χ2v) is 4.32. The van der Waals surface area contributed by atoms with E-state index in [0.717, 1.165) is 22.1 Å². The molecule has 92 valence electrons. The van der Waals surface area contributed by atoms with Crippen molar-refractivity contribution in [2.24, 2.45) is 0 Å². The summed E-state index contributed by atoms with van der Waals surface area (Å²) in [5.74, 6) is 0.793. The Bertz CT molecular complexity index is 932. The molecule has 0 radical (unpaired) electrons. The van der Waals surface area contributed by atoms with Crippen LogP contribution in [0.1, 0.15) is 0 Å². The van der Waals surface area contributed by atoms with Crippen molar-refractivity contribution in [3.05, 3.63) is 59.3 Å². The maximum atomic E-state index is 11.6. The fourth-order valence-electron chi connectivity index (χ4n) is 2.28. The van der Waals surface area contributed by atoms with Gasteiger partial charge in [0.05, 0.1) is 6.26 Å². The van der Waals surface area contributed by atoms with E-state index in [1.807, 2.05) is 36.4 Å². The van der Waals surface area contributed by atoms with Gasteiger partial charge in [-0.3, -0.25) is 0 Å². The Morgan fingerprint density at radius 3 is 3.00 bits per heavy atom. The van der Waals surface area contributed by atoms with Gasteiger partial charge in [0, 0.05) is 17.1 Å². The molecule has 0 fully saturated rings. The topological polar surface area (TPSA) is 63.3 Å². The quantitative estimate of drug-likeness (QED) is 0.565. The van der Waals surface area contributed by atoms with E-state index in [1.54, 1.807) is 12.5 Å². The number of pyridine rings is 1. The number of nitrogens with one attached hydrogen (secondary N) is 1. The summed E-state index contributed by atoms with van der Waals surface area (Å²) in [6.07, 6.45) is 3.36. The Morgan fingerprint density at radius 2 is 2.16 bits per heavy atom. The number of fused-ring (bicyclic) bond motifs is 3. The molecule has 1 aromatic carbocycles. The lowest BCUT2D eigenvalue weighted by Gasteiger charge is -2.02. The minimum Gasteiger partial charge on any atom is -0.464 e. The first kappa shape index (κ1) is 10.1. The van der Waals surface area contributed by atoms with Gasteiger partial charge in [-0.2, -0.15) is 5.10 Å². The van der Waals surface area contributed by atoms with Gasteiger partial charge in [-0.25, -0.2) is 14.3 Å². The monoisotopic (exact) mass is 251 g/mol. The van der Waals surface area contributed by atoms with Crippen LogP contribution >= 0.6 is 0 Å². The predicted molar refractivity (Wildman–Crippen MR) is 71.0 cm³/mol. The molecule has 1 N–H and O–H groups in total. The van der Waals surface area contributed by atoms with Crippen molar-refractivity contribution in [2.75, 3.05) is 0 Å². The van der Waals surface area contributed by atoms with Crippen molar-refractivity contribution in [1.82, 2.24) is 14.6 Å². The molecular formula is C14H9N3O2. The second kappa shape index (κ2) is 3.58. The van der Waals surface area contributed by atoms with Gasteiger partial charge in [0.15, 0.2) is 5.65 Å². The normalized spacial score (nSPS) is 11.4. The van der Waals surface area contributed by atoms with Crippen molar-refractivity contribution in [3.63, 3.8) is 0 Å². The molecule has 0 amide bonds. The van der Waals surface area contributed by atoms with Gasteiger partial charge in [-0.05, 0) is 29.7 Å². The van der Waals surface area contributed by atoms with Gasteiger partial charge in [0.2, 0.25) is 0 Å². The smallest absolute Gasteiger partial charge is 0.347 e. The fraction of sp³-hybridized carbons (Fsp3) is 0. The predicted octanol–water partition coefficient (Wildman–Crippen LogP) is 2.44. The highest BCUT2D eigenvalue weighted by Crippen LogP contribution is 2.26. The zero-order valence-electron chi connectivity index (χ0n) is 9.83. The Morgan fingerprint density at radius 1 is 1.21 bits per heavy atom. The number of hydrogen-bond donors (Lipinski definition) is 1. The number of benzene rings is 1. The third-order valence-electron chi connectivity index (χ3n) is 3.21. The van der Waals surface area contributed by atoms with E-state index in [2.05, 4.69) is 10.2 Å². The molecule has 0 spiro atoms. The molecule has 0 aliphatic carbocycles. The van der Waals surface area contributed by atoms with Crippen molar-refractivity contribution in [2.45, 2.75) is 0 Å². The summed E-state index contributed by atoms with van der Waals surface area (Å²) in [5, 5.41) is 8.46. The van der Waals surface area contributed by atoms with E-state index in [1.165, 1.54) is 4.40 Å². The standard InChI is InChI=1S/C14H9N3O2/c18-14-16-15-13-11-8-10(12-2-1-7-19-12)4-3-9(11)5-6-17(13)14/h1-8H,(H,16,18). The number of hydrogen-bond acceptors (Lipinski definition) is 3. The Labute approximate surface area is 107 Å². The summed E-state index contributed by atoms with van der Waals surface area (Å²) >= 11 is 0. The van der Waals surface area contributed by atoms with Crippen LogP contribution in [0.25, 0.3) is 27.7 Å². The first-order chi connectivity index (χ1) is 9.33. The molecule has 0 saturated heterocycles. The first-order valence-electron chi connectivity index (χ1n) is 5.86. The zero-order valence-corrected chi connectivity index (χ0v) is 9.83. The molecule has 0 aliphatic rings. The van der Waals surface area contributed by atoms with Crippen molar-refractivity contribution in [3.8, 4) is 11.3 Å². The number of aromatic amines is 1. The molecule has 5 nitrogen and oxygen atoms in total. The van der Waals surface area contributed by atoms with Crippen LogP contribution in [0.4, 0.5) is 0 Å². The summed E-state index contributed by atoms with van der Waals surface area (Å²) in [6, 6.07) is 11.6. The average Bonchev–Trinajstić information content (AvgIpc) is 3.08. The lowest BCUT2D eigenvalue weighted by atomic mass is 10.1. The van der Waals surface area contributed by atoms with Crippen LogP contribution in [0.15, 0.2) is 58.1 Å². The van der Waals surface area contributed by atoms with E-state index in [0.29, 0.717) is 5.65 Å². The van der Waals surface area contributed by atoms with Crippen LogP contribution in [0.2, 0.25) is 0 Å². The van der Waals surface area contributed by atoms with E-state index in [-0.39, 0.29) is 5.69 Å². The molecule has 4 rings (SSSR count). The van der Waals surface area contributed by atoms with Crippen molar-refractivity contribution >= 4 is 16.4 Å². The Balaban J connectivity index is 2.11. The summed E-state index contributed by atoms with van der Waals surface area (Å²) in [5.41, 5.74) is 1.34. The van der Waals surface area contributed by atoms with Gasteiger partial charge in [-0.1, -0.05) is 12.1 Å². The Hall–Kier alpha value is -2.82. The molecule has 0 unspecified atom stereocenters. The van der Waals surface area contributed by atoms with Crippen LogP contribution in [0, 0.1) is 0 Å². The highest BCUT2D eigenvalue weighted by Gasteiger charge is 2.07. The summed E-state index contributed by atoms with van der Waals surface area (Å²) < 4.78 is 6.88. The molecule has 3 aromatic heterocycles. The summed E-state index contributed by atoms with van der Waals surface area (Å²) in [4.78, 5) is 11.6. The summed E-state index contributed by atoms with van der Waals surface area (Å²) in [7, 11) is 0. The van der Waals surface area contributed by atoms with Crippen LogP contribution < -0.4 is 5.69 Å². The third-order valence-corrected chi connectivity index (χ3v) is 3.21. The lowest BCUT2D eigenvalue weighted by Crippen LogP contribution is -2.08. The van der Waals surface area contributed by atoms with Gasteiger partial charge in [-0.15, -0.1) is 0 Å². The Kier molecular flexibility index (Phi) is 1.91. The molecule has 4 aromatic rings. The van der Waals surface area contributed by atoms with E-state index >= 15 is 0 Å². The lowest BCUT2D eigenvalue weighted by molar-refractivity contribution is 0.582. The molecule has 19 heavy (non-hydrogen) atoms. The van der Waals surface area contributed by atoms with E-state index < -0.39 is 0 Å². The molecule has 5 heteroatoms. The minimum atomic E-state index is -0.236. The average molecular weight is 251 g/mol. The SMILES string of the molecule is O=c1[nH]nc2c3cc(-c4ccco4)ccc3ccn12. The molecule has 0 saturated carbocycles. The van der Waals surface area contributed by atoms with Crippen molar-refractivity contribution < 1.29 is 4.42 Å². The number of rotatable bonds is 1. The van der Waals surface area contributed by atoms with Crippen LogP contribution in [0.5, 0.6) is 0 Å². The fourth-order valence-corrected chi connectivity index (χ4v) is 2.28.